The van der Waals surface area contributed by atoms with Gasteiger partial charge in [0.15, 0.2) is 0 Å². The second kappa shape index (κ2) is 9.90. The molecule has 1 aromatic carbocycles. The van der Waals surface area contributed by atoms with E-state index in [2.05, 4.69) is 16.0 Å². The number of β-amino-alcohol motifs (C(OH)–C–C–N with tert-alkyl or cyclic N) is 1. The third-order valence-electron chi connectivity index (χ3n) is 4.36. The quantitative estimate of drug-likeness (QED) is 0.387. The van der Waals surface area contributed by atoms with E-state index < -0.39 is 42.8 Å². The summed E-state index contributed by atoms with van der Waals surface area (Å²) in [6.07, 6.45) is -2.01. The molecule has 0 aromatic heterocycles. The number of hydrogen-bond acceptors (Lipinski definition) is 7. The van der Waals surface area contributed by atoms with E-state index in [9.17, 15) is 19.5 Å². The van der Waals surface area contributed by atoms with E-state index in [4.69, 9.17) is 14.6 Å². The number of carbonyl (C=O) groups is 3. The van der Waals surface area contributed by atoms with E-state index in [1.807, 2.05) is 24.3 Å². The number of nitrogens with one attached hydrogen (secondary N) is 3. The van der Waals surface area contributed by atoms with Crippen molar-refractivity contribution in [2.75, 3.05) is 20.2 Å². The number of aliphatic carboxylic acids is 1. The molecule has 28 heavy (non-hydrogen) atoms. The third kappa shape index (κ3) is 6.10. The lowest BCUT2D eigenvalue weighted by molar-refractivity contribution is -0.141. The Morgan fingerprint density at radius 2 is 1.96 bits per heavy atom. The number of benzene rings is 1. The second-order valence-electron chi connectivity index (χ2n) is 6.49. The van der Waals surface area contributed by atoms with Gasteiger partial charge in [0.25, 0.3) is 0 Å². The molecule has 1 aliphatic rings. The average Bonchev–Trinajstić information content (AvgIpc) is 3.00. The highest BCUT2D eigenvalue weighted by Crippen LogP contribution is 2.19. The van der Waals surface area contributed by atoms with Crippen molar-refractivity contribution in [3.8, 4) is 5.75 Å². The van der Waals surface area contributed by atoms with Crippen LogP contribution in [-0.2, 0) is 20.7 Å². The Balaban J connectivity index is 1.84. The zero-order valence-electron chi connectivity index (χ0n) is 15.7. The number of amides is 2. The molecule has 0 radical (unpaired) electrons. The maximum absolute atomic E-state index is 12.0. The summed E-state index contributed by atoms with van der Waals surface area (Å²) in [7, 11) is 1.58. The monoisotopic (exact) mass is 395 g/mol. The van der Waals surface area contributed by atoms with Crippen LogP contribution in [0.5, 0.6) is 5.75 Å². The van der Waals surface area contributed by atoms with Crippen LogP contribution >= 0.6 is 0 Å². The zero-order valence-corrected chi connectivity index (χ0v) is 15.7. The van der Waals surface area contributed by atoms with Gasteiger partial charge in [0, 0.05) is 6.54 Å². The molecular formula is C18H25N3O7. The fraction of sp³-hybridized carbons (Fsp3) is 0.500. The first-order chi connectivity index (χ1) is 13.3. The fourth-order valence-corrected chi connectivity index (χ4v) is 2.81. The van der Waals surface area contributed by atoms with Gasteiger partial charge in [-0.2, -0.15) is 0 Å². The molecule has 1 aromatic rings. The van der Waals surface area contributed by atoms with Crippen molar-refractivity contribution in [2.45, 2.75) is 37.6 Å². The van der Waals surface area contributed by atoms with Gasteiger partial charge in [0.2, 0.25) is 5.91 Å². The number of carbonyl (C=O) groups excluding carboxylic acids is 2. The van der Waals surface area contributed by atoms with Gasteiger partial charge in [0.1, 0.15) is 30.5 Å². The van der Waals surface area contributed by atoms with Crippen molar-refractivity contribution in [1.29, 1.82) is 0 Å². The Labute approximate surface area is 162 Å². The van der Waals surface area contributed by atoms with Crippen LogP contribution in [0.4, 0.5) is 4.79 Å². The van der Waals surface area contributed by atoms with Crippen molar-refractivity contribution in [3.63, 3.8) is 0 Å². The average molecular weight is 395 g/mol. The first kappa shape index (κ1) is 21.5. The van der Waals surface area contributed by atoms with Gasteiger partial charge in [-0.15, -0.1) is 0 Å². The summed E-state index contributed by atoms with van der Waals surface area (Å²) in [6.45, 7) is 1.15. The minimum Gasteiger partial charge on any atom is -0.497 e. The summed E-state index contributed by atoms with van der Waals surface area (Å²) in [4.78, 5) is 34.3. The summed E-state index contributed by atoms with van der Waals surface area (Å²) >= 11 is 0. The van der Waals surface area contributed by atoms with Gasteiger partial charge in [-0.3, -0.25) is 9.59 Å². The highest BCUT2D eigenvalue weighted by atomic mass is 16.6. The molecule has 1 fully saturated rings. The van der Waals surface area contributed by atoms with Crippen molar-refractivity contribution < 1.29 is 34.1 Å². The Morgan fingerprint density at radius 1 is 1.29 bits per heavy atom. The molecule has 4 atom stereocenters. The zero-order chi connectivity index (χ0) is 20.7. The topological polar surface area (TPSA) is 146 Å². The maximum atomic E-state index is 12.0. The summed E-state index contributed by atoms with van der Waals surface area (Å²) in [6, 6.07) is 6.04. The molecule has 5 N–H and O–H groups in total. The molecule has 0 bridgehead atoms. The molecule has 0 aliphatic carbocycles. The van der Waals surface area contributed by atoms with E-state index in [0.717, 1.165) is 11.3 Å². The highest BCUT2D eigenvalue weighted by Gasteiger charge is 2.37. The summed E-state index contributed by atoms with van der Waals surface area (Å²) in [5.74, 6) is -1.12. The van der Waals surface area contributed by atoms with Gasteiger partial charge < -0.3 is 35.6 Å². The molecule has 2 rings (SSSR count). The smallest absolute Gasteiger partial charge is 0.407 e. The van der Waals surface area contributed by atoms with Crippen molar-refractivity contribution in [2.24, 2.45) is 0 Å². The Hall–Kier alpha value is -2.85. The normalized spacial score (nSPS) is 22.2. The van der Waals surface area contributed by atoms with E-state index in [1.165, 1.54) is 6.92 Å². The molecule has 2 amide bonds. The lowest BCUT2D eigenvalue weighted by Gasteiger charge is -2.22. The molecule has 0 saturated carbocycles. The Morgan fingerprint density at radius 3 is 2.57 bits per heavy atom. The molecule has 154 valence electrons. The fourth-order valence-electron chi connectivity index (χ4n) is 2.81. The number of rotatable bonds is 8. The number of alkyl carbamates (subject to hydrolysis) is 1. The maximum Gasteiger partial charge on any atom is 0.407 e. The van der Waals surface area contributed by atoms with Gasteiger partial charge >= 0.3 is 12.1 Å². The van der Waals surface area contributed by atoms with E-state index in [0.29, 0.717) is 6.42 Å². The van der Waals surface area contributed by atoms with E-state index in [-0.39, 0.29) is 12.6 Å². The molecule has 10 nitrogen and oxygen atoms in total. The summed E-state index contributed by atoms with van der Waals surface area (Å²) < 4.78 is 10.4. The van der Waals surface area contributed by atoms with Gasteiger partial charge in [-0.05, 0) is 31.0 Å². The van der Waals surface area contributed by atoms with Gasteiger partial charge in [0.05, 0.1) is 13.2 Å². The predicted octanol–water partition coefficient (Wildman–Crippen LogP) is -0.745. The molecule has 1 heterocycles. The van der Waals surface area contributed by atoms with Gasteiger partial charge in [-0.1, -0.05) is 12.1 Å². The molecule has 10 heteroatoms. The van der Waals surface area contributed by atoms with E-state index in [1.54, 1.807) is 7.11 Å². The van der Waals surface area contributed by atoms with Crippen molar-refractivity contribution in [3.05, 3.63) is 29.8 Å². The van der Waals surface area contributed by atoms with Crippen LogP contribution in [0.15, 0.2) is 24.3 Å². The molecule has 1 unspecified atom stereocenters. The predicted molar refractivity (Wildman–Crippen MR) is 98.0 cm³/mol. The van der Waals surface area contributed by atoms with Crippen LogP contribution in [0.1, 0.15) is 12.5 Å². The number of ether oxygens (including phenoxy) is 2. The van der Waals surface area contributed by atoms with Crippen LogP contribution < -0.4 is 20.7 Å². The number of aliphatic hydroxyl groups is 1. The minimum atomic E-state index is -1.18. The van der Waals surface area contributed by atoms with Crippen LogP contribution in [0.2, 0.25) is 0 Å². The first-order valence-corrected chi connectivity index (χ1v) is 8.81. The molecule has 1 saturated heterocycles. The third-order valence-corrected chi connectivity index (χ3v) is 4.36. The summed E-state index contributed by atoms with van der Waals surface area (Å²) in [5, 5.41) is 26.4. The molecule has 1 aliphatic heterocycles. The number of methoxy groups -OCH3 is 1. The Kier molecular flexibility index (Phi) is 7.59. The van der Waals surface area contributed by atoms with Crippen LogP contribution in [0.25, 0.3) is 0 Å². The number of hydrogen-bond donors (Lipinski definition) is 5. The highest BCUT2D eigenvalue weighted by molar-refractivity contribution is 5.86. The van der Waals surface area contributed by atoms with Gasteiger partial charge in [-0.25, -0.2) is 4.79 Å². The number of carboxylic acid groups (broad SMARTS) is 1. The number of carboxylic acids is 1. The standard InChI is InChI=1S/C18H25N3O7/c1-10(17(24)25)21-15(23)9-20-18(26)28-16-13(19-8-14(16)22)7-11-3-5-12(27-2)6-4-11/h3-6,10,13-14,16,19,22H,7-9H2,1-2H3,(H,20,26)(H,21,23)(H,24,25)/t10?,13-,14+,16+/m1/s1. The molecular weight excluding hydrogens is 370 g/mol. The first-order valence-electron chi connectivity index (χ1n) is 8.81. The SMILES string of the molecule is COc1ccc(C[C@H]2NC[C@H](O)[C@H]2OC(=O)NCC(=O)NC(C)C(=O)O)cc1. The second-order valence-corrected chi connectivity index (χ2v) is 6.49. The van der Waals surface area contributed by atoms with Crippen molar-refractivity contribution >= 4 is 18.0 Å². The van der Waals surface area contributed by atoms with Crippen molar-refractivity contribution in [1.82, 2.24) is 16.0 Å². The van der Waals surface area contributed by atoms with Crippen LogP contribution in [-0.4, -0.2) is 72.7 Å². The van der Waals surface area contributed by atoms with Crippen LogP contribution in [0.3, 0.4) is 0 Å². The lowest BCUT2D eigenvalue weighted by atomic mass is 10.0. The van der Waals surface area contributed by atoms with E-state index >= 15 is 0 Å². The molecule has 0 spiro atoms. The van der Waals surface area contributed by atoms with Crippen LogP contribution in [0, 0.1) is 0 Å². The summed E-state index contributed by atoms with van der Waals surface area (Å²) in [5.41, 5.74) is 0.975. The largest absolute Gasteiger partial charge is 0.497 e. The Bertz CT molecular complexity index is 695. The minimum absolute atomic E-state index is 0.273. The number of aliphatic hydroxyl groups excluding tert-OH is 1. The lowest BCUT2D eigenvalue weighted by Crippen LogP contribution is -2.46.